The van der Waals surface area contributed by atoms with Gasteiger partial charge in [-0.15, -0.1) is 0 Å². The quantitative estimate of drug-likeness (QED) is 0.437. The molecule has 0 aromatic heterocycles. The van der Waals surface area contributed by atoms with Crippen LogP contribution >= 0.6 is 23.2 Å². The Hall–Kier alpha value is -2.86. The van der Waals surface area contributed by atoms with Gasteiger partial charge in [-0.2, -0.15) is 0 Å². The maximum absolute atomic E-state index is 13.5. The lowest BCUT2D eigenvalue weighted by Crippen LogP contribution is -2.37. The first-order chi connectivity index (χ1) is 15.8. The highest BCUT2D eigenvalue weighted by Crippen LogP contribution is 2.28. The van der Waals surface area contributed by atoms with E-state index in [1.54, 1.807) is 0 Å². The van der Waals surface area contributed by atoms with E-state index in [1.165, 1.54) is 54.6 Å². The van der Waals surface area contributed by atoms with Crippen LogP contribution in [0.15, 0.2) is 71.6 Å². The topological polar surface area (TPSA) is 113 Å². The molecular weight excluding hydrogens is 528 g/mol. The molecule has 0 saturated carbocycles. The lowest BCUT2D eigenvalue weighted by Gasteiger charge is -2.22. The summed E-state index contributed by atoms with van der Waals surface area (Å²) in [6.45, 7) is -0.612. The molecule has 34 heavy (non-hydrogen) atoms. The third-order valence-electron chi connectivity index (χ3n) is 4.41. The van der Waals surface area contributed by atoms with E-state index in [9.17, 15) is 26.0 Å². The summed E-state index contributed by atoms with van der Waals surface area (Å²) >= 11 is 11.8. The van der Waals surface area contributed by atoms with Crippen molar-refractivity contribution >= 4 is 66.2 Å². The van der Waals surface area contributed by atoms with Gasteiger partial charge in [-0.3, -0.25) is 13.8 Å². The molecule has 0 spiro atoms. The van der Waals surface area contributed by atoms with Crippen LogP contribution in [0, 0.1) is 5.82 Å². The Balaban J connectivity index is 1.72. The maximum atomic E-state index is 13.5. The molecule has 0 unspecified atom stereocenters. The molecule has 0 heterocycles. The second-order valence-corrected chi connectivity index (χ2v) is 11.5. The number of carbonyl (C=O) groups excluding carboxylic acids is 1. The Bertz CT molecular complexity index is 1430. The molecule has 2 N–H and O–H groups in total. The number of hydrogen-bond donors (Lipinski definition) is 2. The van der Waals surface area contributed by atoms with Crippen LogP contribution in [0.25, 0.3) is 0 Å². The molecule has 3 aromatic carbocycles. The van der Waals surface area contributed by atoms with E-state index in [1.807, 2.05) is 0 Å². The SMILES string of the molecule is CS(=O)(=O)N(CC(=O)Nc1ccc(S(=O)(=O)Nc2ccc(Cl)cc2Cl)cc1)c1cccc(F)c1. The Morgan fingerprint density at radius 1 is 0.971 bits per heavy atom. The fourth-order valence-corrected chi connectivity index (χ4v) is 5.30. The van der Waals surface area contributed by atoms with Crippen molar-refractivity contribution in [3.05, 3.63) is 82.6 Å². The highest BCUT2D eigenvalue weighted by molar-refractivity contribution is 7.92. The molecule has 180 valence electrons. The van der Waals surface area contributed by atoms with E-state index in [2.05, 4.69) is 10.0 Å². The predicted octanol–water partition coefficient (Wildman–Crippen LogP) is 4.34. The van der Waals surface area contributed by atoms with Crippen LogP contribution in [-0.4, -0.2) is 35.5 Å². The molecule has 1 amide bonds. The van der Waals surface area contributed by atoms with E-state index in [-0.39, 0.29) is 27.0 Å². The molecule has 13 heteroatoms. The van der Waals surface area contributed by atoms with Crippen LogP contribution < -0.4 is 14.3 Å². The van der Waals surface area contributed by atoms with Gasteiger partial charge in [0.1, 0.15) is 12.4 Å². The first-order valence-corrected chi connectivity index (χ1v) is 13.5. The number of halogens is 3. The molecule has 0 aliphatic carbocycles. The number of nitrogens with zero attached hydrogens (tertiary/aromatic N) is 1. The molecule has 3 rings (SSSR count). The van der Waals surface area contributed by atoms with Crippen molar-refractivity contribution in [3.63, 3.8) is 0 Å². The van der Waals surface area contributed by atoms with Crippen LogP contribution in [-0.2, 0) is 24.8 Å². The minimum absolute atomic E-state index is 0.00831. The van der Waals surface area contributed by atoms with E-state index in [0.29, 0.717) is 5.02 Å². The van der Waals surface area contributed by atoms with E-state index >= 15 is 0 Å². The lowest BCUT2D eigenvalue weighted by atomic mass is 10.3. The summed E-state index contributed by atoms with van der Waals surface area (Å²) in [5, 5.41) is 2.95. The fraction of sp³-hybridized carbons (Fsp3) is 0.0952. The number of carbonyl (C=O) groups is 1. The Morgan fingerprint density at radius 2 is 1.65 bits per heavy atom. The van der Waals surface area contributed by atoms with Crippen molar-refractivity contribution in [2.75, 3.05) is 27.1 Å². The van der Waals surface area contributed by atoms with Gasteiger partial charge in [-0.1, -0.05) is 29.3 Å². The normalized spacial score (nSPS) is 11.6. The van der Waals surface area contributed by atoms with E-state index in [0.717, 1.165) is 22.7 Å². The summed E-state index contributed by atoms with van der Waals surface area (Å²) < 4.78 is 66.1. The fourth-order valence-electron chi connectivity index (χ4n) is 2.86. The van der Waals surface area contributed by atoms with Gasteiger partial charge in [0, 0.05) is 10.7 Å². The summed E-state index contributed by atoms with van der Waals surface area (Å²) in [7, 11) is -7.87. The van der Waals surface area contributed by atoms with Crippen LogP contribution in [0.1, 0.15) is 0 Å². The van der Waals surface area contributed by atoms with Crippen molar-refractivity contribution in [1.82, 2.24) is 0 Å². The van der Waals surface area contributed by atoms with Gasteiger partial charge in [0.25, 0.3) is 10.0 Å². The summed E-state index contributed by atoms with van der Waals surface area (Å²) in [6, 6.07) is 14.3. The van der Waals surface area contributed by atoms with Crippen molar-refractivity contribution in [1.29, 1.82) is 0 Å². The number of nitrogens with one attached hydrogen (secondary N) is 2. The second kappa shape index (κ2) is 10.2. The molecule has 8 nitrogen and oxygen atoms in total. The van der Waals surface area contributed by atoms with Gasteiger partial charge in [-0.05, 0) is 60.7 Å². The largest absolute Gasteiger partial charge is 0.325 e. The Morgan fingerprint density at radius 3 is 2.24 bits per heavy atom. The van der Waals surface area contributed by atoms with E-state index in [4.69, 9.17) is 23.2 Å². The average molecular weight is 546 g/mol. The van der Waals surface area contributed by atoms with Gasteiger partial charge < -0.3 is 5.32 Å². The van der Waals surface area contributed by atoms with Crippen molar-refractivity contribution in [2.24, 2.45) is 0 Å². The van der Waals surface area contributed by atoms with Crippen LogP contribution in [0.3, 0.4) is 0 Å². The minimum atomic E-state index is -3.99. The van der Waals surface area contributed by atoms with Crippen molar-refractivity contribution in [3.8, 4) is 0 Å². The number of rotatable bonds is 8. The standard InChI is InChI=1S/C21H18Cl2FN3O5S2/c1-33(29,30)27(17-4-2-3-15(24)12-17)13-21(28)25-16-6-8-18(9-7-16)34(31,32)26-20-10-5-14(22)11-19(20)23/h2-12,26H,13H2,1H3,(H,25,28). The average Bonchev–Trinajstić information content (AvgIpc) is 2.73. The third kappa shape index (κ3) is 6.60. The molecule has 0 aliphatic heterocycles. The maximum Gasteiger partial charge on any atom is 0.261 e. The zero-order valence-corrected chi connectivity index (χ0v) is 20.6. The van der Waals surface area contributed by atoms with Gasteiger partial charge in [0.2, 0.25) is 15.9 Å². The molecule has 0 bridgehead atoms. The first kappa shape index (κ1) is 25.8. The van der Waals surface area contributed by atoms with Gasteiger partial charge in [0.05, 0.1) is 27.5 Å². The lowest BCUT2D eigenvalue weighted by molar-refractivity contribution is -0.114. The Labute approximate surface area is 206 Å². The number of hydrogen-bond acceptors (Lipinski definition) is 5. The molecule has 3 aromatic rings. The number of sulfonamides is 2. The summed E-state index contributed by atoms with van der Waals surface area (Å²) in [5.41, 5.74) is 0.355. The third-order valence-corrected chi connectivity index (χ3v) is 7.48. The van der Waals surface area contributed by atoms with Crippen molar-refractivity contribution in [2.45, 2.75) is 4.90 Å². The van der Waals surface area contributed by atoms with Gasteiger partial charge in [0.15, 0.2) is 0 Å². The van der Waals surface area contributed by atoms with E-state index < -0.39 is 38.3 Å². The predicted molar refractivity (Wildman–Crippen MR) is 131 cm³/mol. The second-order valence-electron chi connectivity index (χ2n) is 7.05. The number of amides is 1. The number of benzene rings is 3. The van der Waals surface area contributed by atoms with Crippen molar-refractivity contribution < 1.29 is 26.0 Å². The monoisotopic (exact) mass is 545 g/mol. The zero-order chi connectivity index (χ0) is 25.1. The summed E-state index contributed by atoms with van der Waals surface area (Å²) in [6.07, 6.45) is 0.894. The van der Waals surface area contributed by atoms with Gasteiger partial charge >= 0.3 is 0 Å². The Kier molecular flexibility index (Phi) is 7.71. The molecule has 0 aliphatic rings. The summed E-state index contributed by atoms with van der Waals surface area (Å²) in [4.78, 5) is 12.3. The first-order valence-electron chi connectivity index (χ1n) is 9.46. The van der Waals surface area contributed by atoms with Crippen LogP contribution in [0.4, 0.5) is 21.5 Å². The highest BCUT2D eigenvalue weighted by Gasteiger charge is 2.22. The molecular formula is C21H18Cl2FN3O5S2. The zero-order valence-electron chi connectivity index (χ0n) is 17.5. The highest BCUT2D eigenvalue weighted by atomic mass is 35.5. The molecule has 0 radical (unpaired) electrons. The smallest absolute Gasteiger partial charge is 0.261 e. The summed E-state index contributed by atoms with van der Waals surface area (Å²) in [5.74, 6) is -1.37. The molecule has 0 atom stereocenters. The van der Waals surface area contributed by atoms with Gasteiger partial charge in [-0.25, -0.2) is 21.2 Å². The molecule has 0 saturated heterocycles. The van der Waals surface area contributed by atoms with Crippen LogP contribution in [0.2, 0.25) is 10.0 Å². The molecule has 0 fully saturated rings. The van der Waals surface area contributed by atoms with Crippen LogP contribution in [0.5, 0.6) is 0 Å². The minimum Gasteiger partial charge on any atom is -0.325 e. The number of anilines is 3.